The van der Waals surface area contributed by atoms with Gasteiger partial charge in [0.15, 0.2) is 9.84 Å². The Kier molecular flexibility index (Phi) is 7.37. The van der Waals surface area contributed by atoms with E-state index in [1.807, 2.05) is 10.6 Å². The van der Waals surface area contributed by atoms with E-state index in [1.54, 1.807) is 12.1 Å². The van der Waals surface area contributed by atoms with E-state index in [9.17, 15) is 25.6 Å². The summed E-state index contributed by atoms with van der Waals surface area (Å²) in [6.45, 7) is 1.99. The smallest absolute Gasteiger partial charge is 0.264 e. The minimum atomic E-state index is -4.44. The Morgan fingerprint density at radius 2 is 1.80 bits per heavy atom. The summed E-state index contributed by atoms with van der Waals surface area (Å²) in [5, 5.41) is 0. The van der Waals surface area contributed by atoms with Crippen LogP contribution in [-0.2, 0) is 26.4 Å². The normalized spacial score (nSPS) is 15.8. The minimum Gasteiger partial charge on any atom is -0.480 e. The van der Waals surface area contributed by atoms with Crippen molar-refractivity contribution in [2.45, 2.75) is 11.4 Å². The number of nitrogens with two attached hydrogens (primary N) is 1. The molecule has 1 aliphatic rings. The molecule has 2 aromatic heterocycles. The number of hydrogen-bond acceptors (Lipinski definition) is 9. The van der Waals surface area contributed by atoms with E-state index < -0.39 is 36.4 Å². The van der Waals surface area contributed by atoms with Gasteiger partial charge in [0.05, 0.1) is 29.6 Å². The van der Waals surface area contributed by atoms with Crippen LogP contribution in [0, 0.1) is 11.6 Å². The van der Waals surface area contributed by atoms with E-state index in [0.717, 1.165) is 17.6 Å². The first kappa shape index (κ1) is 27.7. The highest BCUT2D eigenvalue weighted by molar-refractivity contribution is 7.92. The summed E-state index contributed by atoms with van der Waals surface area (Å²) in [4.78, 5) is 9.95. The van der Waals surface area contributed by atoms with Crippen molar-refractivity contribution < 1.29 is 30.4 Å². The molecule has 15 heteroatoms. The van der Waals surface area contributed by atoms with Crippen LogP contribution in [0.5, 0.6) is 5.88 Å². The number of halogens is 2. The molecule has 0 atom stereocenters. The highest BCUT2D eigenvalue weighted by Crippen LogP contribution is 2.32. The summed E-state index contributed by atoms with van der Waals surface area (Å²) in [6, 6.07) is 9.03. The van der Waals surface area contributed by atoms with Crippen LogP contribution in [0.4, 0.5) is 20.4 Å². The molecule has 11 nitrogen and oxygen atoms in total. The van der Waals surface area contributed by atoms with Gasteiger partial charge in [-0.2, -0.15) is 0 Å². The van der Waals surface area contributed by atoms with Crippen molar-refractivity contribution >= 4 is 42.5 Å². The zero-order chi connectivity index (χ0) is 28.7. The number of ether oxygens (including phenoxy) is 1. The van der Waals surface area contributed by atoms with E-state index in [2.05, 4.69) is 19.6 Å². The molecule has 0 unspecified atom stereocenters. The number of rotatable bonds is 8. The first-order chi connectivity index (χ1) is 19.0. The van der Waals surface area contributed by atoms with Gasteiger partial charge < -0.3 is 15.0 Å². The lowest BCUT2D eigenvalue weighted by Crippen LogP contribution is -2.41. The van der Waals surface area contributed by atoms with Gasteiger partial charge in [-0.1, -0.05) is 6.07 Å². The van der Waals surface area contributed by atoms with Crippen LogP contribution < -0.4 is 15.2 Å². The molecule has 0 amide bonds. The number of benzene rings is 2. The number of nitrogens with zero attached hydrogens (tertiary/aromatic N) is 4. The van der Waals surface area contributed by atoms with E-state index in [1.165, 1.54) is 19.4 Å². The lowest BCUT2D eigenvalue weighted by Gasteiger charge is -2.26. The van der Waals surface area contributed by atoms with Crippen molar-refractivity contribution in [1.29, 1.82) is 0 Å². The quantitative estimate of drug-likeness (QED) is 0.315. The van der Waals surface area contributed by atoms with Crippen LogP contribution in [0.2, 0.25) is 0 Å². The number of anilines is 2. The minimum absolute atomic E-state index is 0.0445. The average molecular weight is 593 g/mol. The van der Waals surface area contributed by atoms with Gasteiger partial charge in [0.25, 0.3) is 10.0 Å². The second-order valence-corrected chi connectivity index (χ2v) is 13.2. The number of nitrogens with one attached hydrogen (secondary N) is 1. The standard InChI is InChI=1S/C25H26F2N6O5S2/c1-38-24-21(31-40(36,37)23-5-3-18(26)14-19(23)27)12-17(15-29-24)16-2-4-20-22(13-16)33(25(28)30-20)7-6-32-8-10-39(34,35)11-9-32/h2-5,12-15,31H,6-11H2,1H3,(H2,28,30). The zero-order valence-electron chi connectivity index (χ0n) is 21.3. The fourth-order valence-corrected chi connectivity index (χ4v) is 6.90. The van der Waals surface area contributed by atoms with E-state index in [0.29, 0.717) is 54.8 Å². The fourth-order valence-electron chi connectivity index (χ4n) is 4.51. The van der Waals surface area contributed by atoms with Crippen LogP contribution in [0.3, 0.4) is 0 Å². The highest BCUT2D eigenvalue weighted by atomic mass is 32.2. The molecule has 3 N–H and O–H groups in total. The molecule has 1 aliphatic heterocycles. The number of fused-ring (bicyclic) bond motifs is 1. The molecule has 1 saturated heterocycles. The average Bonchev–Trinajstić information content (AvgIpc) is 3.21. The summed E-state index contributed by atoms with van der Waals surface area (Å²) in [5.41, 5.74) is 8.71. The molecule has 0 aliphatic carbocycles. The van der Waals surface area contributed by atoms with Crippen molar-refractivity contribution in [3.05, 3.63) is 60.3 Å². The molecule has 0 radical (unpaired) electrons. The molecule has 212 valence electrons. The third-order valence-corrected chi connectivity index (χ3v) is 9.67. The zero-order valence-corrected chi connectivity index (χ0v) is 23.0. The van der Waals surface area contributed by atoms with Crippen LogP contribution in [0.1, 0.15) is 0 Å². The fraction of sp³-hybridized carbons (Fsp3) is 0.280. The van der Waals surface area contributed by atoms with E-state index in [4.69, 9.17) is 10.5 Å². The van der Waals surface area contributed by atoms with E-state index in [-0.39, 0.29) is 23.1 Å². The monoisotopic (exact) mass is 592 g/mol. The Hall–Kier alpha value is -3.82. The maximum atomic E-state index is 14.2. The first-order valence-corrected chi connectivity index (χ1v) is 15.5. The number of nitrogen functional groups attached to an aromatic ring is 1. The lowest BCUT2D eigenvalue weighted by molar-refractivity contribution is 0.285. The molecular formula is C25H26F2N6O5S2. The molecular weight excluding hydrogens is 566 g/mol. The van der Waals surface area contributed by atoms with Crippen molar-refractivity contribution in [1.82, 2.24) is 19.4 Å². The Morgan fingerprint density at radius 1 is 1.05 bits per heavy atom. The Bertz CT molecular complexity index is 1800. The second kappa shape index (κ2) is 10.6. The van der Waals surface area contributed by atoms with Gasteiger partial charge in [-0.05, 0) is 35.9 Å². The maximum Gasteiger partial charge on any atom is 0.264 e. The number of sulfone groups is 1. The summed E-state index contributed by atoms with van der Waals surface area (Å²) in [6.07, 6.45) is 1.49. The number of hydrogen-bond donors (Lipinski definition) is 2. The molecule has 2 aromatic carbocycles. The van der Waals surface area contributed by atoms with E-state index >= 15 is 0 Å². The van der Waals surface area contributed by atoms with Crippen molar-refractivity contribution in [3.63, 3.8) is 0 Å². The molecule has 5 rings (SSSR count). The topological polar surface area (TPSA) is 150 Å². The summed E-state index contributed by atoms with van der Waals surface area (Å²) < 4.78 is 86.1. The second-order valence-electron chi connectivity index (χ2n) is 9.28. The van der Waals surface area contributed by atoms with Crippen molar-refractivity contribution in [3.8, 4) is 17.0 Å². The molecule has 4 aromatic rings. The number of aromatic nitrogens is 3. The van der Waals surface area contributed by atoms with Crippen LogP contribution >= 0.6 is 0 Å². The van der Waals surface area contributed by atoms with Crippen molar-refractivity contribution in [2.24, 2.45) is 0 Å². The molecule has 0 spiro atoms. The number of sulfonamides is 1. The van der Waals surface area contributed by atoms with Crippen LogP contribution in [0.15, 0.2) is 53.6 Å². The molecule has 0 bridgehead atoms. The summed E-state index contributed by atoms with van der Waals surface area (Å²) in [7, 11) is -6.11. The molecule has 0 saturated carbocycles. The predicted octanol–water partition coefficient (Wildman–Crippen LogP) is 2.50. The van der Waals surface area contributed by atoms with Gasteiger partial charge in [0, 0.05) is 44.0 Å². The van der Waals surface area contributed by atoms with Gasteiger partial charge in [0.1, 0.15) is 22.2 Å². The Balaban J connectivity index is 1.44. The first-order valence-electron chi connectivity index (χ1n) is 12.2. The maximum absolute atomic E-state index is 14.2. The molecule has 3 heterocycles. The van der Waals surface area contributed by atoms with Gasteiger partial charge in [0.2, 0.25) is 11.8 Å². The van der Waals surface area contributed by atoms with Gasteiger partial charge in [-0.15, -0.1) is 0 Å². The Labute approximate surface area is 229 Å². The van der Waals surface area contributed by atoms with Crippen molar-refractivity contribution in [2.75, 3.05) is 48.7 Å². The predicted molar refractivity (Wildman–Crippen MR) is 146 cm³/mol. The number of methoxy groups -OCH3 is 1. The molecule has 40 heavy (non-hydrogen) atoms. The third-order valence-electron chi connectivity index (χ3n) is 6.66. The van der Waals surface area contributed by atoms with Crippen LogP contribution in [0.25, 0.3) is 22.2 Å². The number of pyridine rings is 1. The molecule has 1 fully saturated rings. The third kappa shape index (κ3) is 5.71. The Morgan fingerprint density at radius 3 is 2.50 bits per heavy atom. The highest BCUT2D eigenvalue weighted by Gasteiger charge is 2.23. The van der Waals surface area contributed by atoms with Crippen LogP contribution in [-0.4, -0.2) is 74.5 Å². The summed E-state index contributed by atoms with van der Waals surface area (Å²) >= 11 is 0. The summed E-state index contributed by atoms with van der Waals surface area (Å²) in [5.74, 6) is -1.63. The lowest BCUT2D eigenvalue weighted by atomic mass is 10.1. The van der Waals surface area contributed by atoms with Gasteiger partial charge in [-0.25, -0.2) is 35.6 Å². The number of imidazole rings is 1. The van der Waals surface area contributed by atoms with Gasteiger partial charge in [-0.3, -0.25) is 9.62 Å². The SMILES string of the molecule is COc1ncc(-c2ccc3nc(N)n(CCN4CCS(=O)(=O)CC4)c3c2)cc1NS(=O)(=O)c1ccc(F)cc1F. The van der Waals surface area contributed by atoms with Gasteiger partial charge >= 0.3 is 0 Å². The largest absolute Gasteiger partial charge is 0.480 e.